The number of aliphatic hydroxyl groups excluding tert-OH is 1. The van der Waals surface area contributed by atoms with Gasteiger partial charge >= 0.3 is 0 Å². The van der Waals surface area contributed by atoms with Gasteiger partial charge in [0.1, 0.15) is 12.4 Å². The monoisotopic (exact) mass is 270 g/mol. The second-order valence-corrected chi connectivity index (χ2v) is 4.31. The highest BCUT2D eigenvalue weighted by molar-refractivity contribution is 6.18. The fraction of sp³-hybridized carbons (Fsp3) is 0.417. The van der Waals surface area contributed by atoms with Crippen LogP contribution in [0.2, 0.25) is 0 Å². The Labute approximate surface area is 110 Å². The van der Waals surface area contributed by atoms with Gasteiger partial charge in [-0.3, -0.25) is 4.79 Å². The van der Waals surface area contributed by atoms with E-state index in [9.17, 15) is 9.90 Å². The fourth-order valence-electron chi connectivity index (χ4n) is 1.65. The van der Waals surface area contributed by atoms with Gasteiger partial charge in [-0.2, -0.15) is 0 Å². The van der Waals surface area contributed by atoms with Gasteiger partial charge in [0.05, 0.1) is 24.1 Å². The van der Waals surface area contributed by atoms with Crippen LogP contribution < -0.4 is 15.4 Å². The maximum atomic E-state index is 11.8. The average molecular weight is 271 g/mol. The van der Waals surface area contributed by atoms with E-state index in [0.29, 0.717) is 31.0 Å². The molecule has 0 aliphatic carbocycles. The van der Waals surface area contributed by atoms with E-state index in [4.69, 9.17) is 16.3 Å². The molecule has 0 aromatic heterocycles. The van der Waals surface area contributed by atoms with E-state index < -0.39 is 6.10 Å². The van der Waals surface area contributed by atoms with Crippen LogP contribution in [0.15, 0.2) is 18.2 Å². The normalized spacial score (nSPS) is 16.0. The van der Waals surface area contributed by atoms with Crippen molar-refractivity contribution < 1.29 is 14.6 Å². The molecule has 0 spiro atoms. The third-order valence-electron chi connectivity index (χ3n) is 2.59. The largest absolute Gasteiger partial charge is 0.491 e. The van der Waals surface area contributed by atoms with Gasteiger partial charge in [-0.05, 0) is 18.2 Å². The Balaban J connectivity index is 2.12. The first-order valence-corrected chi connectivity index (χ1v) is 6.27. The fourth-order valence-corrected chi connectivity index (χ4v) is 1.76. The number of benzene rings is 1. The first kappa shape index (κ1) is 13.0. The Kier molecular flexibility index (Phi) is 4.28. The second-order valence-electron chi connectivity index (χ2n) is 4.00. The second kappa shape index (κ2) is 5.93. The average Bonchev–Trinajstić information content (AvgIpc) is 2.58. The summed E-state index contributed by atoms with van der Waals surface area (Å²) >= 11 is 5.50. The van der Waals surface area contributed by atoms with Crippen molar-refractivity contribution in [2.75, 3.05) is 30.9 Å². The van der Waals surface area contributed by atoms with Crippen LogP contribution in [0.25, 0.3) is 0 Å². The predicted molar refractivity (Wildman–Crippen MR) is 69.5 cm³/mol. The first-order chi connectivity index (χ1) is 8.70. The van der Waals surface area contributed by atoms with Crippen molar-refractivity contribution in [2.24, 2.45) is 0 Å². The van der Waals surface area contributed by atoms with Crippen molar-refractivity contribution in [1.29, 1.82) is 0 Å². The van der Waals surface area contributed by atoms with Crippen LogP contribution in [-0.2, 0) is 0 Å². The summed E-state index contributed by atoms with van der Waals surface area (Å²) in [5.74, 6) is 0.596. The first-order valence-electron chi connectivity index (χ1n) is 5.73. The number of anilines is 1. The molecule has 1 heterocycles. The van der Waals surface area contributed by atoms with Crippen LogP contribution in [-0.4, -0.2) is 42.7 Å². The molecule has 1 atom stereocenters. The lowest BCUT2D eigenvalue weighted by Gasteiger charge is -2.12. The number of alkyl halides is 1. The van der Waals surface area contributed by atoms with Crippen molar-refractivity contribution in [1.82, 2.24) is 5.32 Å². The van der Waals surface area contributed by atoms with E-state index >= 15 is 0 Å². The number of aliphatic hydroxyl groups is 1. The molecule has 1 aromatic rings. The van der Waals surface area contributed by atoms with Gasteiger partial charge in [0.15, 0.2) is 0 Å². The van der Waals surface area contributed by atoms with E-state index in [2.05, 4.69) is 10.6 Å². The van der Waals surface area contributed by atoms with Crippen LogP contribution in [0.4, 0.5) is 5.69 Å². The minimum absolute atomic E-state index is 0.149. The lowest BCUT2D eigenvalue weighted by molar-refractivity contribution is 0.0957. The molecular weight excluding hydrogens is 256 g/mol. The molecule has 0 fully saturated rings. The molecule has 0 saturated heterocycles. The zero-order chi connectivity index (χ0) is 13.0. The summed E-state index contributed by atoms with van der Waals surface area (Å²) < 4.78 is 5.44. The summed E-state index contributed by atoms with van der Waals surface area (Å²) in [5.41, 5.74) is 1.25. The minimum atomic E-state index is -0.615. The number of carbonyl (C=O) groups is 1. The van der Waals surface area contributed by atoms with Gasteiger partial charge in [-0.25, -0.2) is 0 Å². The van der Waals surface area contributed by atoms with Crippen LogP contribution in [0.1, 0.15) is 10.4 Å². The van der Waals surface area contributed by atoms with Gasteiger partial charge in [0.25, 0.3) is 5.91 Å². The van der Waals surface area contributed by atoms with Gasteiger partial charge in [-0.15, -0.1) is 11.6 Å². The quantitative estimate of drug-likeness (QED) is 0.709. The van der Waals surface area contributed by atoms with Crippen LogP contribution in [0.5, 0.6) is 5.75 Å². The molecule has 98 valence electrons. The molecule has 0 saturated carbocycles. The minimum Gasteiger partial charge on any atom is -0.491 e. The summed E-state index contributed by atoms with van der Waals surface area (Å²) in [7, 11) is 0. The Morgan fingerprint density at radius 1 is 1.56 bits per heavy atom. The van der Waals surface area contributed by atoms with Crippen molar-refractivity contribution in [3.8, 4) is 5.75 Å². The molecule has 1 amide bonds. The number of hydrogen-bond donors (Lipinski definition) is 3. The summed E-state index contributed by atoms with van der Waals surface area (Å²) in [6.45, 7) is 1.31. The number of halogens is 1. The molecule has 0 bridgehead atoms. The maximum absolute atomic E-state index is 11.8. The molecular formula is C12H15ClN2O3. The SMILES string of the molecule is O=C1NCCOc2ccc(NCC(O)CCl)cc21. The van der Waals surface area contributed by atoms with Crippen molar-refractivity contribution in [3.63, 3.8) is 0 Å². The standard InChI is InChI=1S/C12H15ClN2O3/c13-6-9(16)7-15-8-1-2-11-10(5-8)12(17)14-3-4-18-11/h1-2,5,9,15-16H,3-4,6-7H2,(H,14,17). The smallest absolute Gasteiger partial charge is 0.255 e. The highest BCUT2D eigenvalue weighted by atomic mass is 35.5. The van der Waals surface area contributed by atoms with Crippen molar-refractivity contribution in [3.05, 3.63) is 23.8 Å². The van der Waals surface area contributed by atoms with E-state index in [1.807, 2.05) is 0 Å². The topological polar surface area (TPSA) is 70.6 Å². The van der Waals surface area contributed by atoms with E-state index in [-0.39, 0.29) is 11.8 Å². The lowest BCUT2D eigenvalue weighted by atomic mass is 10.1. The van der Waals surface area contributed by atoms with Gasteiger partial charge in [-0.1, -0.05) is 0 Å². The Morgan fingerprint density at radius 2 is 2.39 bits per heavy atom. The van der Waals surface area contributed by atoms with Crippen LogP contribution in [0.3, 0.4) is 0 Å². The van der Waals surface area contributed by atoms with Gasteiger partial charge in [0, 0.05) is 12.2 Å². The zero-order valence-electron chi connectivity index (χ0n) is 9.78. The van der Waals surface area contributed by atoms with E-state index in [0.717, 1.165) is 5.69 Å². The van der Waals surface area contributed by atoms with Crippen LogP contribution >= 0.6 is 11.6 Å². The maximum Gasteiger partial charge on any atom is 0.255 e. The molecule has 1 aromatic carbocycles. The molecule has 1 aliphatic heterocycles. The molecule has 1 aliphatic rings. The predicted octanol–water partition coefficient (Wildman–Crippen LogP) is 0.820. The highest BCUT2D eigenvalue weighted by Crippen LogP contribution is 2.24. The van der Waals surface area contributed by atoms with E-state index in [1.165, 1.54) is 0 Å². The molecule has 18 heavy (non-hydrogen) atoms. The highest BCUT2D eigenvalue weighted by Gasteiger charge is 2.16. The van der Waals surface area contributed by atoms with Crippen molar-refractivity contribution >= 4 is 23.2 Å². The summed E-state index contributed by atoms with van der Waals surface area (Å²) in [6.07, 6.45) is -0.615. The number of nitrogens with one attached hydrogen (secondary N) is 2. The number of hydrogen-bond acceptors (Lipinski definition) is 4. The molecule has 5 nitrogen and oxygen atoms in total. The number of rotatable bonds is 4. The molecule has 6 heteroatoms. The molecule has 3 N–H and O–H groups in total. The lowest BCUT2D eigenvalue weighted by Crippen LogP contribution is -2.24. The zero-order valence-corrected chi connectivity index (χ0v) is 10.5. The Bertz CT molecular complexity index is 439. The number of amides is 1. The molecule has 1 unspecified atom stereocenters. The van der Waals surface area contributed by atoms with Crippen molar-refractivity contribution in [2.45, 2.75) is 6.10 Å². The van der Waals surface area contributed by atoms with E-state index in [1.54, 1.807) is 18.2 Å². The Hall–Kier alpha value is -1.46. The number of fused-ring (bicyclic) bond motifs is 1. The molecule has 2 rings (SSSR count). The van der Waals surface area contributed by atoms with Gasteiger partial charge in [0.2, 0.25) is 0 Å². The third kappa shape index (κ3) is 3.05. The third-order valence-corrected chi connectivity index (χ3v) is 2.95. The number of ether oxygens (including phenoxy) is 1. The molecule has 0 radical (unpaired) electrons. The summed E-state index contributed by atoms with van der Waals surface area (Å²) in [5, 5.41) is 15.1. The van der Waals surface area contributed by atoms with Crippen LogP contribution in [0, 0.1) is 0 Å². The summed E-state index contributed by atoms with van der Waals surface area (Å²) in [4.78, 5) is 11.8. The summed E-state index contributed by atoms with van der Waals surface area (Å²) in [6, 6.07) is 5.25. The number of carbonyl (C=O) groups excluding carboxylic acids is 1. The Morgan fingerprint density at radius 3 is 3.17 bits per heavy atom. The van der Waals surface area contributed by atoms with Gasteiger partial charge < -0.3 is 20.5 Å².